The Morgan fingerprint density at radius 3 is 2.50 bits per heavy atom. The lowest BCUT2D eigenvalue weighted by Crippen LogP contribution is -2.48. The zero-order valence-corrected chi connectivity index (χ0v) is 16.6. The number of nitrogens with zero attached hydrogens (tertiary/aromatic N) is 4. The van der Waals surface area contributed by atoms with Crippen LogP contribution in [0.4, 0.5) is 9.52 Å². The first kappa shape index (κ1) is 18.6. The number of hydrogen-bond acceptors (Lipinski definition) is 6. The van der Waals surface area contributed by atoms with Gasteiger partial charge >= 0.3 is 0 Å². The van der Waals surface area contributed by atoms with Crippen LogP contribution >= 0.6 is 11.3 Å². The summed E-state index contributed by atoms with van der Waals surface area (Å²) < 4.78 is 18.5. The van der Waals surface area contributed by atoms with Gasteiger partial charge in [0.15, 0.2) is 0 Å². The summed E-state index contributed by atoms with van der Waals surface area (Å²) in [5, 5.41) is 10.3. The van der Waals surface area contributed by atoms with Crippen LogP contribution in [0.3, 0.4) is 0 Å². The van der Waals surface area contributed by atoms with Gasteiger partial charge in [0.2, 0.25) is 5.13 Å². The fourth-order valence-corrected chi connectivity index (χ4v) is 4.26. The van der Waals surface area contributed by atoms with E-state index in [4.69, 9.17) is 4.42 Å². The number of hydrogen-bond donors (Lipinski definition) is 0. The molecule has 0 saturated carbocycles. The van der Waals surface area contributed by atoms with Crippen molar-refractivity contribution in [1.82, 2.24) is 15.1 Å². The van der Waals surface area contributed by atoms with Crippen LogP contribution < -0.4 is 4.90 Å². The minimum Gasteiger partial charge on any atom is -0.466 e. The van der Waals surface area contributed by atoms with Gasteiger partial charge in [0, 0.05) is 32.6 Å². The van der Waals surface area contributed by atoms with Crippen LogP contribution in [-0.2, 0) is 6.42 Å². The number of furan rings is 1. The predicted octanol–water partition coefficient (Wildman–Crippen LogP) is 3.44. The molecule has 0 spiro atoms. The molecule has 0 bridgehead atoms. The molecule has 1 aromatic carbocycles. The van der Waals surface area contributed by atoms with Crippen molar-refractivity contribution in [3.8, 4) is 0 Å². The van der Waals surface area contributed by atoms with Crippen molar-refractivity contribution in [3.05, 3.63) is 63.8 Å². The molecule has 0 aliphatic carbocycles. The maximum atomic E-state index is 13.0. The zero-order chi connectivity index (χ0) is 19.7. The van der Waals surface area contributed by atoms with E-state index in [1.165, 1.54) is 12.1 Å². The number of rotatable bonds is 4. The first-order valence-electron chi connectivity index (χ1n) is 9.17. The van der Waals surface area contributed by atoms with Crippen molar-refractivity contribution in [3.63, 3.8) is 0 Å². The second-order valence-corrected chi connectivity index (χ2v) is 7.93. The number of anilines is 1. The number of carbonyl (C=O) groups is 1. The van der Waals surface area contributed by atoms with Gasteiger partial charge in [0.05, 0.1) is 5.56 Å². The summed E-state index contributed by atoms with van der Waals surface area (Å²) in [5.41, 5.74) is 1.65. The summed E-state index contributed by atoms with van der Waals surface area (Å²) in [6.45, 7) is 6.37. The van der Waals surface area contributed by atoms with E-state index in [2.05, 4.69) is 15.1 Å². The lowest BCUT2D eigenvalue weighted by atomic mass is 10.2. The van der Waals surface area contributed by atoms with Gasteiger partial charge in [-0.2, -0.15) is 0 Å². The van der Waals surface area contributed by atoms with Gasteiger partial charge in [-0.25, -0.2) is 4.39 Å². The largest absolute Gasteiger partial charge is 0.466 e. The van der Waals surface area contributed by atoms with Gasteiger partial charge in [-0.1, -0.05) is 23.5 Å². The third-order valence-corrected chi connectivity index (χ3v) is 5.82. The smallest absolute Gasteiger partial charge is 0.257 e. The molecule has 146 valence electrons. The molecule has 3 aromatic rings. The lowest BCUT2D eigenvalue weighted by Gasteiger charge is -2.34. The van der Waals surface area contributed by atoms with E-state index in [0.717, 1.165) is 21.5 Å². The molecule has 1 saturated heterocycles. The van der Waals surface area contributed by atoms with Crippen molar-refractivity contribution in [2.75, 3.05) is 31.1 Å². The number of aromatic nitrogens is 2. The summed E-state index contributed by atoms with van der Waals surface area (Å²) in [6.07, 6.45) is 0.634. The minimum atomic E-state index is -0.241. The van der Waals surface area contributed by atoms with Crippen LogP contribution in [0.15, 0.2) is 34.7 Å². The number of piperazine rings is 1. The number of benzene rings is 1. The summed E-state index contributed by atoms with van der Waals surface area (Å²) in [6, 6.07) is 8.24. The van der Waals surface area contributed by atoms with Gasteiger partial charge in [0.25, 0.3) is 5.91 Å². The Hall–Kier alpha value is -2.74. The van der Waals surface area contributed by atoms with Crippen molar-refractivity contribution in [2.45, 2.75) is 20.3 Å². The van der Waals surface area contributed by atoms with E-state index in [9.17, 15) is 9.18 Å². The van der Waals surface area contributed by atoms with Crippen LogP contribution in [0.1, 0.15) is 32.4 Å². The number of amides is 1. The molecule has 2 aromatic heterocycles. The van der Waals surface area contributed by atoms with Gasteiger partial charge < -0.3 is 14.2 Å². The van der Waals surface area contributed by atoms with Gasteiger partial charge in [-0.15, -0.1) is 10.2 Å². The predicted molar refractivity (Wildman–Crippen MR) is 105 cm³/mol. The van der Waals surface area contributed by atoms with Crippen LogP contribution in [0, 0.1) is 19.7 Å². The Morgan fingerprint density at radius 1 is 1.14 bits per heavy atom. The SMILES string of the molecule is Cc1cc(C(=O)N2CCN(c3nnc(Cc4ccc(F)cc4)s3)CC2)c(C)o1. The number of carbonyl (C=O) groups excluding carboxylic acids is 1. The molecule has 28 heavy (non-hydrogen) atoms. The van der Waals surface area contributed by atoms with Crippen molar-refractivity contribution in [2.24, 2.45) is 0 Å². The number of halogens is 1. The van der Waals surface area contributed by atoms with Gasteiger partial charge in [0.1, 0.15) is 22.3 Å². The van der Waals surface area contributed by atoms with Crippen LogP contribution in [0.2, 0.25) is 0 Å². The highest BCUT2D eigenvalue weighted by atomic mass is 32.1. The molecule has 1 aliphatic rings. The average molecular weight is 400 g/mol. The van der Waals surface area contributed by atoms with Gasteiger partial charge in [-0.05, 0) is 37.6 Å². The Kier molecular flexibility index (Phi) is 5.13. The average Bonchev–Trinajstić information content (AvgIpc) is 3.29. The van der Waals surface area contributed by atoms with E-state index in [-0.39, 0.29) is 11.7 Å². The fraction of sp³-hybridized carbons (Fsp3) is 0.350. The molecule has 6 nitrogen and oxygen atoms in total. The normalized spacial score (nSPS) is 14.5. The van der Waals surface area contributed by atoms with E-state index < -0.39 is 0 Å². The molecule has 1 aliphatic heterocycles. The Balaban J connectivity index is 1.36. The zero-order valence-electron chi connectivity index (χ0n) is 15.8. The van der Waals surface area contributed by atoms with E-state index in [1.807, 2.05) is 18.7 Å². The highest BCUT2D eigenvalue weighted by Gasteiger charge is 2.26. The molecule has 0 radical (unpaired) electrons. The van der Waals surface area contributed by atoms with E-state index >= 15 is 0 Å². The molecule has 0 N–H and O–H groups in total. The molecule has 0 atom stereocenters. The molecule has 1 fully saturated rings. The second kappa shape index (κ2) is 7.71. The van der Waals surface area contributed by atoms with Crippen molar-refractivity contribution in [1.29, 1.82) is 0 Å². The fourth-order valence-electron chi connectivity index (χ4n) is 3.34. The van der Waals surface area contributed by atoms with Gasteiger partial charge in [-0.3, -0.25) is 4.79 Å². The van der Waals surface area contributed by atoms with Crippen LogP contribution in [0.25, 0.3) is 0 Å². The second-order valence-electron chi connectivity index (χ2n) is 6.89. The molecule has 4 rings (SSSR count). The van der Waals surface area contributed by atoms with E-state index in [1.54, 1.807) is 29.5 Å². The van der Waals surface area contributed by atoms with Crippen LogP contribution in [-0.4, -0.2) is 47.2 Å². The molecule has 3 heterocycles. The molecule has 8 heteroatoms. The third kappa shape index (κ3) is 3.91. The Bertz CT molecular complexity index is 975. The highest BCUT2D eigenvalue weighted by Crippen LogP contribution is 2.24. The first-order valence-corrected chi connectivity index (χ1v) is 9.99. The Morgan fingerprint density at radius 2 is 1.86 bits per heavy atom. The number of aryl methyl sites for hydroxylation is 2. The summed E-state index contributed by atoms with van der Waals surface area (Å²) >= 11 is 1.54. The van der Waals surface area contributed by atoms with Crippen molar-refractivity contribution < 1.29 is 13.6 Å². The monoisotopic (exact) mass is 400 g/mol. The molecular weight excluding hydrogens is 379 g/mol. The van der Waals surface area contributed by atoms with Crippen molar-refractivity contribution >= 4 is 22.4 Å². The summed E-state index contributed by atoms with van der Waals surface area (Å²) in [7, 11) is 0. The van der Waals surface area contributed by atoms with Crippen LogP contribution in [0.5, 0.6) is 0 Å². The van der Waals surface area contributed by atoms with E-state index in [0.29, 0.717) is 43.9 Å². The molecular formula is C20H21FN4O2S. The maximum absolute atomic E-state index is 13.0. The lowest BCUT2D eigenvalue weighted by molar-refractivity contribution is 0.0745. The molecule has 0 unspecified atom stereocenters. The standard InChI is InChI=1S/C20H21FN4O2S/c1-13-11-17(14(2)27-13)19(26)24-7-9-25(10-8-24)20-23-22-18(28-20)12-15-3-5-16(21)6-4-15/h3-6,11H,7-10,12H2,1-2H3. The Labute approximate surface area is 166 Å². The summed E-state index contributed by atoms with van der Waals surface area (Å²) in [5.74, 6) is 1.19. The maximum Gasteiger partial charge on any atom is 0.257 e. The minimum absolute atomic E-state index is 0.0169. The summed E-state index contributed by atoms with van der Waals surface area (Å²) in [4.78, 5) is 16.7. The third-order valence-electron chi connectivity index (χ3n) is 4.83. The highest BCUT2D eigenvalue weighted by molar-refractivity contribution is 7.15. The first-order chi connectivity index (χ1) is 13.5. The topological polar surface area (TPSA) is 62.5 Å². The molecule has 1 amide bonds. The quantitative estimate of drug-likeness (QED) is 0.671.